The van der Waals surface area contributed by atoms with Crippen LogP contribution in [0.2, 0.25) is 0 Å². The fraction of sp³-hybridized carbons (Fsp3) is 0.455. The Morgan fingerprint density at radius 2 is 2.00 bits per heavy atom. The Labute approximate surface area is 96.6 Å². The minimum absolute atomic E-state index is 0.115. The molecule has 0 aliphatic rings. The van der Waals surface area contributed by atoms with Gasteiger partial charge in [-0.05, 0) is 17.7 Å². The maximum absolute atomic E-state index is 13.2. The Balaban J connectivity index is 2.40. The summed E-state index contributed by atoms with van der Waals surface area (Å²) >= 11 is 0. The van der Waals surface area contributed by atoms with Gasteiger partial charge < -0.3 is 10.1 Å². The molecular formula is C11H13F4NO. The van der Waals surface area contributed by atoms with Crippen LogP contribution in [0.4, 0.5) is 17.6 Å². The maximum atomic E-state index is 13.2. The van der Waals surface area contributed by atoms with Crippen LogP contribution in [-0.2, 0) is 6.54 Å². The summed E-state index contributed by atoms with van der Waals surface area (Å²) in [5, 5.41) is 2.60. The molecule has 0 heterocycles. The van der Waals surface area contributed by atoms with Crippen molar-refractivity contribution in [1.29, 1.82) is 0 Å². The second-order valence-corrected chi connectivity index (χ2v) is 3.51. The van der Waals surface area contributed by atoms with Crippen molar-refractivity contribution in [3.05, 3.63) is 29.6 Å². The maximum Gasteiger partial charge on any atom is 0.390 e. The van der Waals surface area contributed by atoms with E-state index in [-0.39, 0.29) is 18.8 Å². The van der Waals surface area contributed by atoms with Crippen molar-refractivity contribution in [3.63, 3.8) is 0 Å². The fourth-order valence-electron chi connectivity index (χ4n) is 1.28. The zero-order valence-electron chi connectivity index (χ0n) is 9.27. The van der Waals surface area contributed by atoms with Crippen LogP contribution in [0.25, 0.3) is 0 Å². The molecule has 0 amide bonds. The van der Waals surface area contributed by atoms with Crippen LogP contribution < -0.4 is 10.1 Å². The van der Waals surface area contributed by atoms with Crippen molar-refractivity contribution in [2.24, 2.45) is 0 Å². The average molecular weight is 251 g/mol. The van der Waals surface area contributed by atoms with E-state index in [1.807, 2.05) is 0 Å². The Morgan fingerprint density at radius 1 is 1.29 bits per heavy atom. The van der Waals surface area contributed by atoms with Crippen LogP contribution >= 0.6 is 0 Å². The van der Waals surface area contributed by atoms with Gasteiger partial charge in [-0.2, -0.15) is 13.2 Å². The van der Waals surface area contributed by atoms with Gasteiger partial charge in [-0.3, -0.25) is 0 Å². The van der Waals surface area contributed by atoms with Crippen molar-refractivity contribution in [3.8, 4) is 5.75 Å². The van der Waals surface area contributed by atoms with Crippen LogP contribution in [0.15, 0.2) is 18.2 Å². The van der Waals surface area contributed by atoms with Crippen molar-refractivity contribution in [2.45, 2.75) is 19.1 Å². The van der Waals surface area contributed by atoms with E-state index in [2.05, 4.69) is 5.32 Å². The van der Waals surface area contributed by atoms with E-state index in [9.17, 15) is 17.6 Å². The van der Waals surface area contributed by atoms with E-state index in [0.29, 0.717) is 5.56 Å². The first-order chi connectivity index (χ1) is 7.92. The number of rotatable bonds is 5. The second kappa shape index (κ2) is 5.86. The number of hydrogen-bond donors (Lipinski definition) is 1. The molecule has 0 fully saturated rings. The quantitative estimate of drug-likeness (QED) is 0.641. The monoisotopic (exact) mass is 251 g/mol. The van der Waals surface area contributed by atoms with Gasteiger partial charge in [0.05, 0.1) is 13.5 Å². The summed E-state index contributed by atoms with van der Waals surface area (Å²) in [5.41, 5.74) is 0.575. The summed E-state index contributed by atoms with van der Waals surface area (Å²) in [7, 11) is 1.35. The summed E-state index contributed by atoms with van der Waals surface area (Å²) in [5.74, 6) is -0.410. The smallest absolute Gasteiger partial charge is 0.390 e. The highest BCUT2D eigenvalue weighted by Crippen LogP contribution is 2.19. The van der Waals surface area contributed by atoms with Gasteiger partial charge in [-0.15, -0.1) is 0 Å². The molecule has 0 spiro atoms. The highest BCUT2D eigenvalue weighted by molar-refractivity contribution is 5.29. The van der Waals surface area contributed by atoms with Gasteiger partial charge >= 0.3 is 6.18 Å². The van der Waals surface area contributed by atoms with Crippen LogP contribution in [0.3, 0.4) is 0 Å². The predicted octanol–water partition coefficient (Wildman–Crippen LogP) is 2.88. The molecule has 1 aromatic rings. The summed E-state index contributed by atoms with van der Waals surface area (Å²) in [6.45, 7) is 0.00808. The van der Waals surface area contributed by atoms with E-state index >= 15 is 0 Å². The van der Waals surface area contributed by atoms with Gasteiger partial charge in [0.2, 0.25) is 0 Å². The molecule has 96 valence electrons. The van der Waals surface area contributed by atoms with E-state index in [1.165, 1.54) is 19.2 Å². The van der Waals surface area contributed by atoms with Crippen LogP contribution in [0.1, 0.15) is 12.0 Å². The lowest BCUT2D eigenvalue weighted by molar-refractivity contribution is -0.133. The third-order valence-electron chi connectivity index (χ3n) is 2.13. The second-order valence-electron chi connectivity index (χ2n) is 3.51. The standard InChI is InChI=1S/C11H13F4NO/c1-17-10-3-2-8(6-9(10)12)7-16-5-4-11(13,14)15/h2-3,6,16H,4-5,7H2,1H3. The molecule has 0 radical (unpaired) electrons. The van der Waals surface area contributed by atoms with E-state index in [1.54, 1.807) is 6.07 Å². The molecule has 1 aromatic carbocycles. The number of alkyl halides is 3. The Kier molecular flexibility index (Phi) is 4.74. The normalized spacial score (nSPS) is 11.6. The predicted molar refractivity (Wildman–Crippen MR) is 55.3 cm³/mol. The summed E-state index contributed by atoms with van der Waals surface area (Å²) < 4.78 is 53.4. The lowest BCUT2D eigenvalue weighted by atomic mass is 10.2. The SMILES string of the molecule is COc1ccc(CNCCC(F)(F)F)cc1F. The number of benzene rings is 1. The summed E-state index contributed by atoms with van der Waals surface area (Å²) in [4.78, 5) is 0. The molecule has 17 heavy (non-hydrogen) atoms. The Morgan fingerprint density at radius 3 is 2.53 bits per heavy atom. The molecule has 6 heteroatoms. The molecule has 0 saturated heterocycles. The fourth-order valence-corrected chi connectivity index (χ4v) is 1.28. The molecule has 1 N–H and O–H groups in total. The van der Waals surface area contributed by atoms with Crippen LogP contribution in [0.5, 0.6) is 5.75 Å². The summed E-state index contributed by atoms with van der Waals surface area (Å²) in [6, 6.07) is 4.28. The molecule has 0 saturated carbocycles. The Bertz CT molecular complexity index is 365. The van der Waals surface area contributed by atoms with Gasteiger partial charge in [-0.25, -0.2) is 4.39 Å². The van der Waals surface area contributed by atoms with Crippen LogP contribution in [0, 0.1) is 5.82 Å². The van der Waals surface area contributed by atoms with Crippen molar-refractivity contribution in [2.75, 3.05) is 13.7 Å². The van der Waals surface area contributed by atoms with E-state index < -0.39 is 18.4 Å². The number of methoxy groups -OCH3 is 1. The average Bonchev–Trinajstić information content (AvgIpc) is 2.23. The van der Waals surface area contributed by atoms with Gasteiger partial charge in [0.1, 0.15) is 0 Å². The molecule has 0 aromatic heterocycles. The Hall–Kier alpha value is -1.30. The number of halogens is 4. The van der Waals surface area contributed by atoms with Gasteiger partial charge in [0.25, 0.3) is 0 Å². The molecule has 0 bridgehead atoms. The largest absolute Gasteiger partial charge is 0.494 e. The molecular weight excluding hydrogens is 238 g/mol. The lowest BCUT2D eigenvalue weighted by Gasteiger charge is -2.08. The first-order valence-corrected chi connectivity index (χ1v) is 5.02. The first kappa shape index (κ1) is 13.8. The first-order valence-electron chi connectivity index (χ1n) is 5.02. The number of hydrogen-bond acceptors (Lipinski definition) is 2. The van der Waals surface area contributed by atoms with Crippen LogP contribution in [-0.4, -0.2) is 19.8 Å². The zero-order valence-corrected chi connectivity index (χ0v) is 9.27. The lowest BCUT2D eigenvalue weighted by Crippen LogP contribution is -2.21. The summed E-state index contributed by atoms with van der Waals surface area (Å²) in [6.07, 6.45) is -5.07. The number of nitrogens with one attached hydrogen (secondary N) is 1. The third kappa shape index (κ3) is 5.04. The van der Waals surface area contributed by atoms with Gasteiger partial charge in [0.15, 0.2) is 11.6 Å². The van der Waals surface area contributed by atoms with Gasteiger partial charge in [-0.1, -0.05) is 6.07 Å². The zero-order chi connectivity index (χ0) is 12.9. The van der Waals surface area contributed by atoms with Gasteiger partial charge in [0, 0.05) is 13.1 Å². The molecule has 0 aliphatic heterocycles. The topological polar surface area (TPSA) is 21.3 Å². The van der Waals surface area contributed by atoms with Crippen molar-refractivity contribution < 1.29 is 22.3 Å². The molecule has 0 aliphatic carbocycles. The highest BCUT2D eigenvalue weighted by atomic mass is 19.4. The molecule has 0 unspecified atom stereocenters. The minimum atomic E-state index is -4.17. The molecule has 0 atom stereocenters. The molecule has 1 rings (SSSR count). The molecule has 2 nitrogen and oxygen atoms in total. The van der Waals surface area contributed by atoms with E-state index in [4.69, 9.17) is 4.74 Å². The van der Waals surface area contributed by atoms with Crippen molar-refractivity contribution >= 4 is 0 Å². The highest BCUT2D eigenvalue weighted by Gasteiger charge is 2.25. The number of ether oxygens (including phenoxy) is 1. The van der Waals surface area contributed by atoms with Crippen molar-refractivity contribution in [1.82, 2.24) is 5.32 Å². The minimum Gasteiger partial charge on any atom is -0.494 e. The van der Waals surface area contributed by atoms with E-state index in [0.717, 1.165) is 0 Å². The third-order valence-corrected chi connectivity index (χ3v) is 2.13.